The molecule has 0 spiro atoms. The Morgan fingerprint density at radius 1 is 1.29 bits per heavy atom. The van der Waals surface area contributed by atoms with E-state index in [9.17, 15) is 9.59 Å². The number of nitrogens with one attached hydrogen (secondary N) is 1. The van der Waals surface area contributed by atoms with Crippen LogP contribution in [0, 0.1) is 11.3 Å². The van der Waals surface area contributed by atoms with Crippen LogP contribution in [0.15, 0.2) is 30.5 Å². The molecule has 0 fully saturated rings. The van der Waals surface area contributed by atoms with Crippen LogP contribution in [0.5, 0.6) is 5.75 Å². The number of rotatable bonds is 9. The third kappa shape index (κ3) is 6.67. The van der Waals surface area contributed by atoms with Gasteiger partial charge < -0.3 is 14.8 Å². The zero-order valence-corrected chi connectivity index (χ0v) is 16.8. The molecule has 148 valence electrons. The fourth-order valence-corrected chi connectivity index (χ4v) is 3.27. The van der Waals surface area contributed by atoms with E-state index in [1.807, 2.05) is 12.1 Å². The second-order valence-corrected chi connectivity index (χ2v) is 7.31. The van der Waals surface area contributed by atoms with E-state index in [1.165, 1.54) is 11.3 Å². The van der Waals surface area contributed by atoms with Crippen molar-refractivity contribution in [1.82, 2.24) is 10.3 Å². The predicted octanol–water partition coefficient (Wildman–Crippen LogP) is 4.55. The number of pyridine rings is 1. The van der Waals surface area contributed by atoms with E-state index in [-0.39, 0.29) is 16.7 Å². The molecule has 2 aromatic heterocycles. The molecule has 0 saturated carbocycles. The predicted molar refractivity (Wildman–Crippen MR) is 106 cm³/mol. The Balaban J connectivity index is 2.06. The van der Waals surface area contributed by atoms with Gasteiger partial charge in [0, 0.05) is 25.2 Å². The van der Waals surface area contributed by atoms with Gasteiger partial charge in [0.05, 0.1) is 22.7 Å². The number of esters is 1. The van der Waals surface area contributed by atoms with Gasteiger partial charge in [-0.15, -0.1) is 11.3 Å². The molecule has 0 aliphatic heterocycles. The summed E-state index contributed by atoms with van der Waals surface area (Å²) < 4.78 is 10.6. The normalized spacial score (nSPS) is 10.4. The van der Waals surface area contributed by atoms with Crippen molar-refractivity contribution in [3.63, 3.8) is 0 Å². The smallest absolute Gasteiger partial charge is 0.412 e. The van der Waals surface area contributed by atoms with E-state index in [0.717, 1.165) is 19.3 Å². The summed E-state index contributed by atoms with van der Waals surface area (Å²) in [6, 6.07) is 9.16. The minimum Gasteiger partial charge on any atom is -0.459 e. The average molecular weight is 401 g/mol. The van der Waals surface area contributed by atoms with E-state index in [2.05, 4.69) is 16.4 Å². The van der Waals surface area contributed by atoms with Crippen molar-refractivity contribution < 1.29 is 19.1 Å². The summed E-state index contributed by atoms with van der Waals surface area (Å²) in [5, 5.41) is 11.2. The average Bonchev–Trinajstić information content (AvgIpc) is 3.08. The van der Waals surface area contributed by atoms with Crippen molar-refractivity contribution in [2.24, 2.45) is 0 Å². The van der Waals surface area contributed by atoms with Gasteiger partial charge in [0.2, 0.25) is 0 Å². The van der Waals surface area contributed by atoms with Gasteiger partial charge in [-0.3, -0.25) is 4.98 Å². The summed E-state index contributed by atoms with van der Waals surface area (Å²) in [6.45, 7) is 3.95. The summed E-state index contributed by atoms with van der Waals surface area (Å²) in [4.78, 5) is 29.7. The Bertz CT molecular complexity index is 828. The minimum atomic E-state index is -0.635. The van der Waals surface area contributed by atoms with Gasteiger partial charge in [-0.25, -0.2) is 9.59 Å². The number of ether oxygens (including phenoxy) is 2. The van der Waals surface area contributed by atoms with Crippen molar-refractivity contribution in [3.05, 3.63) is 35.3 Å². The number of hydrogen-bond acceptors (Lipinski definition) is 7. The first-order chi connectivity index (χ1) is 13.5. The Labute approximate surface area is 168 Å². The number of aromatic nitrogens is 1. The van der Waals surface area contributed by atoms with Crippen LogP contribution in [-0.2, 0) is 4.74 Å². The highest BCUT2D eigenvalue weighted by molar-refractivity contribution is 7.17. The van der Waals surface area contributed by atoms with E-state index in [4.69, 9.17) is 14.7 Å². The standard InChI is InChI=1S/C20H23N3O4S/c1-14(2)26-19(24)18-16(13-17(28-18)15-9-5-8-11-22-15)27-20(25)23-12-7-4-3-6-10-21/h5,8-9,11,13-14H,3-4,6-7,12H2,1-2H3,(H,23,25). The molecule has 0 bridgehead atoms. The first-order valence-corrected chi connectivity index (χ1v) is 9.91. The maximum absolute atomic E-state index is 12.4. The number of carbonyl (C=O) groups is 2. The fraction of sp³-hybridized carbons (Fsp3) is 0.400. The monoisotopic (exact) mass is 401 g/mol. The molecule has 1 N–H and O–H groups in total. The van der Waals surface area contributed by atoms with Crippen LogP contribution >= 0.6 is 11.3 Å². The second-order valence-electron chi connectivity index (χ2n) is 6.26. The second kappa shape index (κ2) is 11.0. The lowest BCUT2D eigenvalue weighted by Crippen LogP contribution is -2.28. The van der Waals surface area contributed by atoms with Gasteiger partial charge in [0.25, 0.3) is 0 Å². The van der Waals surface area contributed by atoms with Crippen molar-refractivity contribution in [2.45, 2.75) is 45.6 Å². The highest BCUT2D eigenvalue weighted by Gasteiger charge is 2.23. The molecule has 0 atom stereocenters. The number of nitrogens with zero attached hydrogens (tertiary/aromatic N) is 2. The third-order valence-electron chi connectivity index (χ3n) is 3.58. The first-order valence-electron chi connectivity index (χ1n) is 9.10. The maximum atomic E-state index is 12.4. The summed E-state index contributed by atoms with van der Waals surface area (Å²) in [5.74, 6) is -0.389. The Hall–Kier alpha value is -2.92. The summed E-state index contributed by atoms with van der Waals surface area (Å²) >= 11 is 1.17. The molecule has 8 heteroatoms. The number of thiophene rings is 1. The Morgan fingerprint density at radius 3 is 2.79 bits per heavy atom. The third-order valence-corrected chi connectivity index (χ3v) is 4.70. The summed E-state index contributed by atoms with van der Waals surface area (Å²) in [6.07, 6.45) is 3.64. The molecule has 7 nitrogen and oxygen atoms in total. The molecule has 2 heterocycles. The van der Waals surface area contributed by atoms with Gasteiger partial charge in [0.1, 0.15) is 0 Å². The van der Waals surface area contributed by atoms with Crippen LogP contribution in [0.4, 0.5) is 4.79 Å². The van der Waals surface area contributed by atoms with Crippen molar-refractivity contribution in [3.8, 4) is 22.4 Å². The van der Waals surface area contributed by atoms with E-state index in [0.29, 0.717) is 23.5 Å². The van der Waals surface area contributed by atoms with Crippen molar-refractivity contribution >= 4 is 23.4 Å². The zero-order valence-electron chi connectivity index (χ0n) is 15.9. The minimum absolute atomic E-state index is 0.151. The summed E-state index contributed by atoms with van der Waals surface area (Å²) in [5.41, 5.74) is 0.679. The van der Waals surface area contributed by atoms with Crippen molar-refractivity contribution in [2.75, 3.05) is 6.54 Å². The fourth-order valence-electron chi connectivity index (χ4n) is 2.33. The molecule has 2 rings (SSSR count). The molecule has 0 saturated heterocycles. The van der Waals surface area contributed by atoms with Crippen molar-refractivity contribution in [1.29, 1.82) is 5.26 Å². The number of hydrogen-bond donors (Lipinski definition) is 1. The Morgan fingerprint density at radius 2 is 2.11 bits per heavy atom. The first kappa shape index (κ1) is 21.4. The lowest BCUT2D eigenvalue weighted by atomic mass is 10.2. The van der Waals surface area contributed by atoms with Crippen LogP contribution in [0.2, 0.25) is 0 Å². The van der Waals surface area contributed by atoms with Gasteiger partial charge >= 0.3 is 12.1 Å². The van der Waals surface area contributed by atoms with Gasteiger partial charge in [-0.05, 0) is 38.8 Å². The lowest BCUT2D eigenvalue weighted by molar-refractivity contribution is 0.0381. The van der Waals surface area contributed by atoms with Crippen LogP contribution < -0.4 is 10.1 Å². The summed E-state index contributed by atoms with van der Waals surface area (Å²) in [7, 11) is 0. The molecular formula is C20H23N3O4S. The highest BCUT2D eigenvalue weighted by atomic mass is 32.1. The number of carbonyl (C=O) groups excluding carboxylic acids is 2. The topological polar surface area (TPSA) is 101 Å². The molecule has 1 amide bonds. The zero-order chi connectivity index (χ0) is 20.4. The molecule has 0 unspecified atom stereocenters. The maximum Gasteiger partial charge on any atom is 0.412 e. The molecule has 2 aromatic rings. The lowest BCUT2D eigenvalue weighted by Gasteiger charge is -2.09. The molecular weight excluding hydrogens is 378 g/mol. The number of unbranched alkanes of at least 4 members (excludes halogenated alkanes) is 3. The molecule has 0 aromatic carbocycles. The van der Waals surface area contributed by atoms with Gasteiger partial charge in [0.15, 0.2) is 10.6 Å². The van der Waals surface area contributed by atoms with Gasteiger partial charge in [-0.2, -0.15) is 5.26 Å². The number of nitriles is 1. The van der Waals surface area contributed by atoms with Crippen LogP contribution in [0.1, 0.15) is 49.2 Å². The quantitative estimate of drug-likeness (QED) is 0.489. The van der Waals surface area contributed by atoms with E-state index >= 15 is 0 Å². The van der Waals surface area contributed by atoms with E-state index < -0.39 is 12.1 Å². The van der Waals surface area contributed by atoms with Crippen LogP contribution in [0.3, 0.4) is 0 Å². The van der Waals surface area contributed by atoms with Crippen LogP contribution in [0.25, 0.3) is 10.6 Å². The molecule has 0 aliphatic rings. The SMILES string of the molecule is CC(C)OC(=O)c1sc(-c2ccccn2)cc1OC(=O)NCCCCCC#N. The molecule has 28 heavy (non-hydrogen) atoms. The molecule has 0 aliphatic carbocycles. The largest absolute Gasteiger partial charge is 0.459 e. The molecule has 0 radical (unpaired) electrons. The van der Waals surface area contributed by atoms with Crippen LogP contribution in [-0.4, -0.2) is 29.7 Å². The number of amides is 1. The highest BCUT2D eigenvalue weighted by Crippen LogP contribution is 2.36. The van der Waals surface area contributed by atoms with E-state index in [1.54, 1.807) is 32.2 Å². The Kier molecular flexibility index (Phi) is 8.43. The van der Waals surface area contributed by atoms with Gasteiger partial charge in [-0.1, -0.05) is 12.5 Å².